The molecule has 0 aliphatic heterocycles. The zero-order valence-electron chi connectivity index (χ0n) is 15.8. The first-order chi connectivity index (χ1) is 14.9. The molecular formula is C21H15ClN4O3S2. The van der Waals surface area contributed by atoms with Crippen LogP contribution in [0.1, 0.15) is 10.4 Å². The smallest absolute Gasteiger partial charge is 0.261 e. The Hall–Kier alpha value is -3.27. The molecule has 4 rings (SSSR count). The largest absolute Gasteiger partial charge is 0.298 e. The number of amides is 1. The van der Waals surface area contributed by atoms with Crippen LogP contribution >= 0.6 is 22.9 Å². The van der Waals surface area contributed by atoms with E-state index >= 15 is 0 Å². The summed E-state index contributed by atoms with van der Waals surface area (Å²) >= 11 is 7.10. The van der Waals surface area contributed by atoms with Crippen molar-refractivity contribution in [2.45, 2.75) is 4.90 Å². The van der Waals surface area contributed by atoms with Crippen molar-refractivity contribution >= 4 is 49.7 Å². The predicted molar refractivity (Wildman–Crippen MR) is 122 cm³/mol. The number of carbonyl (C=O) groups excluding carboxylic acids is 1. The van der Waals surface area contributed by atoms with Crippen molar-refractivity contribution in [3.8, 4) is 11.3 Å². The van der Waals surface area contributed by atoms with Gasteiger partial charge < -0.3 is 0 Å². The molecule has 0 aliphatic carbocycles. The summed E-state index contributed by atoms with van der Waals surface area (Å²) in [5.74, 6) is -0.403. The molecule has 7 nitrogen and oxygen atoms in total. The molecular weight excluding hydrogens is 456 g/mol. The number of hydrogen-bond donors (Lipinski definition) is 2. The molecule has 2 aromatic heterocycles. The van der Waals surface area contributed by atoms with Gasteiger partial charge in [-0.25, -0.2) is 13.4 Å². The van der Waals surface area contributed by atoms with E-state index in [1.807, 2.05) is 17.5 Å². The summed E-state index contributed by atoms with van der Waals surface area (Å²) in [6.07, 6.45) is 3.36. The average Bonchev–Trinajstić information content (AvgIpc) is 3.23. The predicted octanol–water partition coefficient (Wildman–Crippen LogP) is 4.91. The van der Waals surface area contributed by atoms with Gasteiger partial charge in [-0.3, -0.25) is 19.8 Å². The second kappa shape index (κ2) is 8.84. The van der Waals surface area contributed by atoms with E-state index in [4.69, 9.17) is 11.6 Å². The number of halogens is 1. The topological polar surface area (TPSA) is 101 Å². The maximum Gasteiger partial charge on any atom is 0.261 e. The van der Waals surface area contributed by atoms with Gasteiger partial charge in [0, 0.05) is 39.6 Å². The number of carbonyl (C=O) groups is 1. The number of aromatic nitrogens is 2. The van der Waals surface area contributed by atoms with Crippen molar-refractivity contribution in [3.05, 3.63) is 89.0 Å². The van der Waals surface area contributed by atoms with Gasteiger partial charge in [0.2, 0.25) is 0 Å². The van der Waals surface area contributed by atoms with Crippen molar-refractivity contribution < 1.29 is 13.2 Å². The lowest BCUT2D eigenvalue weighted by Gasteiger charge is -2.09. The minimum absolute atomic E-state index is 0.0671. The molecule has 0 bridgehead atoms. The van der Waals surface area contributed by atoms with E-state index in [-0.39, 0.29) is 16.1 Å². The first-order valence-corrected chi connectivity index (χ1v) is 11.7. The molecule has 1 amide bonds. The van der Waals surface area contributed by atoms with E-state index in [0.29, 0.717) is 15.8 Å². The van der Waals surface area contributed by atoms with Gasteiger partial charge in [-0.2, -0.15) is 0 Å². The number of benzene rings is 2. The molecule has 2 N–H and O–H groups in total. The fraction of sp³-hybridized carbons (Fsp3) is 0. The molecule has 10 heteroatoms. The number of pyridine rings is 1. The van der Waals surface area contributed by atoms with Gasteiger partial charge in [0.05, 0.1) is 10.6 Å². The molecule has 4 aromatic rings. The first kappa shape index (κ1) is 21.0. The normalized spacial score (nSPS) is 11.1. The van der Waals surface area contributed by atoms with Crippen LogP contribution in [0.3, 0.4) is 0 Å². The second-order valence-corrected chi connectivity index (χ2v) is 9.35. The summed E-state index contributed by atoms with van der Waals surface area (Å²) < 4.78 is 27.6. The number of thiazole rings is 1. The Labute approximate surface area is 187 Å². The van der Waals surface area contributed by atoms with E-state index in [0.717, 1.165) is 5.56 Å². The zero-order chi connectivity index (χ0) is 21.8. The molecule has 0 atom stereocenters. The van der Waals surface area contributed by atoms with E-state index in [1.165, 1.54) is 41.7 Å². The third kappa shape index (κ3) is 5.08. The molecule has 2 heterocycles. The van der Waals surface area contributed by atoms with E-state index < -0.39 is 15.9 Å². The van der Waals surface area contributed by atoms with Crippen LogP contribution in [-0.2, 0) is 10.0 Å². The molecule has 31 heavy (non-hydrogen) atoms. The lowest BCUT2D eigenvalue weighted by Crippen LogP contribution is -2.15. The number of anilines is 2. The summed E-state index contributed by atoms with van der Waals surface area (Å²) in [7, 11) is -3.82. The quantitative estimate of drug-likeness (QED) is 0.417. The lowest BCUT2D eigenvalue weighted by molar-refractivity contribution is 0.102. The van der Waals surface area contributed by atoms with Gasteiger partial charge in [-0.05, 0) is 54.6 Å². The molecule has 0 unspecified atom stereocenters. The SMILES string of the molecule is O=C(Nc1nc(-c2cccnc2)cs1)c1cccc(NS(=O)(=O)c2ccc(Cl)cc2)c1. The summed E-state index contributed by atoms with van der Waals surface area (Å²) in [4.78, 5) is 21.2. The number of rotatable bonds is 6. The van der Waals surface area contributed by atoms with E-state index in [9.17, 15) is 13.2 Å². The van der Waals surface area contributed by atoms with Gasteiger partial charge in [0.25, 0.3) is 15.9 Å². The standard InChI is InChI=1S/C21H15ClN4O3S2/c22-16-6-8-18(9-7-16)31(28,29)26-17-5-1-3-14(11-17)20(27)25-21-24-19(13-30-21)15-4-2-10-23-12-15/h1-13,26H,(H,24,25,27). The molecule has 2 aromatic carbocycles. The number of hydrogen-bond acceptors (Lipinski definition) is 6. The van der Waals surface area contributed by atoms with Crippen molar-refractivity contribution in [1.29, 1.82) is 0 Å². The van der Waals surface area contributed by atoms with Crippen LogP contribution in [0, 0.1) is 0 Å². The molecule has 0 aliphatic rings. The van der Waals surface area contributed by atoms with Crippen LogP contribution in [0.25, 0.3) is 11.3 Å². The Morgan fingerprint density at radius 2 is 1.84 bits per heavy atom. The van der Waals surface area contributed by atoms with Crippen LogP contribution in [0.5, 0.6) is 0 Å². The van der Waals surface area contributed by atoms with Crippen LogP contribution in [-0.4, -0.2) is 24.3 Å². The zero-order valence-corrected chi connectivity index (χ0v) is 18.2. The van der Waals surface area contributed by atoms with Crippen LogP contribution in [0.15, 0.2) is 83.3 Å². The van der Waals surface area contributed by atoms with Gasteiger partial charge in [0.1, 0.15) is 0 Å². The van der Waals surface area contributed by atoms with Gasteiger partial charge in [-0.15, -0.1) is 11.3 Å². The molecule has 0 spiro atoms. The van der Waals surface area contributed by atoms with Gasteiger partial charge in [0.15, 0.2) is 5.13 Å². The third-order valence-corrected chi connectivity index (χ3v) is 6.59. The molecule has 0 radical (unpaired) electrons. The average molecular weight is 471 g/mol. The van der Waals surface area contributed by atoms with Gasteiger partial charge in [-0.1, -0.05) is 17.7 Å². The molecule has 0 saturated carbocycles. The number of sulfonamides is 1. The monoisotopic (exact) mass is 470 g/mol. The van der Waals surface area contributed by atoms with E-state index in [1.54, 1.807) is 30.6 Å². The van der Waals surface area contributed by atoms with Crippen LogP contribution in [0.2, 0.25) is 5.02 Å². The maximum atomic E-state index is 12.6. The minimum atomic E-state index is -3.82. The number of nitrogens with one attached hydrogen (secondary N) is 2. The Kier molecular flexibility index (Phi) is 5.99. The summed E-state index contributed by atoms with van der Waals surface area (Å²) in [6.45, 7) is 0. The summed E-state index contributed by atoms with van der Waals surface area (Å²) in [5, 5.41) is 5.42. The third-order valence-electron chi connectivity index (χ3n) is 4.18. The molecule has 0 saturated heterocycles. The highest BCUT2D eigenvalue weighted by atomic mass is 35.5. The Morgan fingerprint density at radius 1 is 1.03 bits per heavy atom. The Morgan fingerprint density at radius 3 is 2.58 bits per heavy atom. The molecule has 0 fully saturated rings. The van der Waals surface area contributed by atoms with Crippen molar-refractivity contribution in [1.82, 2.24) is 9.97 Å². The van der Waals surface area contributed by atoms with Crippen LogP contribution in [0.4, 0.5) is 10.8 Å². The highest BCUT2D eigenvalue weighted by Gasteiger charge is 2.16. The summed E-state index contributed by atoms with van der Waals surface area (Å²) in [5.41, 5.74) is 2.10. The molecule has 156 valence electrons. The highest BCUT2D eigenvalue weighted by Crippen LogP contribution is 2.25. The Bertz CT molecular complexity index is 1320. The number of nitrogens with zero attached hydrogens (tertiary/aromatic N) is 2. The fourth-order valence-corrected chi connectivity index (χ4v) is 4.59. The van der Waals surface area contributed by atoms with Gasteiger partial charge >= 0.3 is 0 Å². The van der Waals surface area contributed by atoms with E-state index in [2.05, 4.69) is 20.0 Å². The first-order valence-electron chi connectivity index (χ1n) is 8.96. The second-order valence-electron chi connectivity index (χ2n) is 6.37. The fourth-order valence-electron chi connectivity index (χ4n) is 2.70. The van der Waals surface area contributed by atoms with Crippen molar-refractivity contribution in [2.75, 3.05) is 10.0 Å². The lowest BCUT2D eigenvalue weighted by atomic mass is 10.2. The van der Waals surface area contributed by atoms with Crippen LogP contribution < -0.4 is 10.0 Å². The minimum Gasteiger partial charge on any atom is -0.298 e. The van der Waals surface area contributed by atoms with Crippen molar-refractivity contribution in [2.24, 2.45) is 0 Å². The van der Waals surface area contributed by atoms with Crippen molar-refractivity contribution in [3.63, 3.8) is 0 Å². The highest BCUT2D eigenvalue weighted by molar-refractivity contribution is 7.92. The Balaban J connectivity index is 1.48. The summed E-state index contributed by atoms with van der Waals surface area (Å²) in [6, 6.07) is 15.7. The maximum absolute atomic E-state index is 12.6.